The van der Waals surface area contributed by atoms with E-state index in [1.807, 2.05) is 87.2 Å². The zero-order chi connectivity index (χ0) is 28.2. The number of aryl methyl sites for hydroxylation is 1. The number of amides is 3. The highest BCUT2D eigenvalue weighted by molar-refractivity contribution is 6.00. The third-order valence-corrected chi connectivity index (χ3v) is 6.93. The van der Waals surface area contributed by atoms with Crippen LogP contribution in [0.25, 0.3) is 0 Å². The van der Waals surface area contributed by atoms with Gasteiger partial charge < -0.3 is 15.5 Å². The highest BCUT2D eigenvalue weighted by atomic mass is 16.2. The normalized spacial score (nSPS) is 12.3. The van der Waals surface area contributed by atoms with Crippen LogP contribution in [0.2, 0.25) is 0 Å². The van der Waals surface area contributed by atoms with Crippen LogP contribution in [-0.4, -0.2) is 41.8 Å². The lowest BCUT2D eigenvalue weighted by Crippen LogP contribution is -2.46. The molecule has 2 N–H and O–H groups in total. The predicted molar refractivity (Wildman–Crippen MR) is 158 cm³/mol. The molecular weight excluding hydrogens is 486 g/mol. The van der Waals surface area contributed by atoms with E-state index in [-0.39, 0.29) is 17.7 Å². The summed E-state index contributed by atoms with van der Waals surface area (Å²) >= 11 is 0. The summed E-state index contributed by atoms with van der Waals surface area (Å²) in [6.45, 7) is 9.36. The first-order chi connectivity index (χ1) is 18.9. The van der Waals surface area contributed by atoms with E-state index >= 15 is 0 Å². The van der Waals surface area contributed by atoms with Crippen LogP contribution in [0, 0.1) is 12.8 Å². The standard InChI is InChI=1S/C33H41N3O3/c1-5-20-36(21-6-2)33(39)27-18-13-17-26(23-27)31(37)35-30(22-25-15-9-8-10-16-25)28(7-3)32(38)34-29-19-12-11-14-24(29)4/h8-19,23,28,30H,5-7,20-22H2,1-4H3,(H,34,38)(H,35,37)/t28-,30+/m0/s1. The van der Waals surface area contributed by atoms with Crippen LogP contribution in [0.3, 0.4) is 0 Å². The topological polar surface area (TPSA) is 78.5 Å². The quantitative estimate of drug-likeness (QED) is 0.275. The molecule has 0 unspecified atom stereocenters. The summed E-state index contributed by atoms with van der Waals surface area (Å²) in [4.78, 5) is 42.0. The Morgan fingerprint density at radius 2 is 1.44 bits per heavy atom. The van der Waals surface area contributed by atoms with E-state index < -0.39 is 12.0 Å². The average molecular weight is 528 g/mol. The first-order valence-corrected chi connectivity index (χ1v) is 14.0. The van der Waals surface area contributed by atoms with Crippen molar-refractivity contribution in [2.24, 2.45) is 5.92 Å². The van der Waals surface area contributed by atoms with Crippen molar-refractivity contribution < 1.29 is 14.4 Å². The Hall–Kier alpha value is -3.93. The molecule has 0 aliphatic rings. The van der Waals surface area contributed by atoms with Crippen LogP contribution in [0.4, 0.5) is 5.69 Å². The molecule has 3 rings (SSSR count). The van der Waals surface area contributed by atoms with Crippen molar-refractivity contribution in [3.63, 3.8) is 0 Å². The fourth-order valence-electron chi connectivity index (χ4n) is 4.84. The van der Waals surface area contributed by atoms with Gasteiger partial charge in [-0.3, -0.25) is 14.4 Å². The molecule has 0 saturated carbocycles. The summed E-state index contributed by atoms with van der Waals surface area (Å²) in [5, 5.41) is 6.20. The van der Waals surface area contributed by atoms with Gasteiger partial charge in [-0.05, 0) is 68.0 Å². The first-order valence-electron chi connectivity index (χ1n) is 14.0. The highest BCUT2D eigenvalue weighted by Crippen LogP contribution is 2.21. The van der Waals surface area contributed by atoms with Gasteiger partial charge in [-0.1, -0.05) is 75.4 Å². The Morgan fingerprint density at radius 3 is 2.08 bits per heavy atom. The molecule has 0 fully saturated rings. The number of nitrogens with one attached hydrogen (secondary N) is 2. The van der Waals surface area contributed by atoms with E-state index in [0.717, 1.165) is 29.7 Å². The van der Waals surface area contributed by atoms with Crippen molar-refractivity contribution in [1.82, 2.24) is 10.2 Å². The van der Waals surface area contributed by atoms with E-state index in [4.69, 9.17) is 0 Å². The average Bonchev–Trinajstić information content (AvgIpc) is 2.94. The number of carbonyl (C=O) groups excluding carboxylic acids is 3. The Balaban J connectivity index is 1.85. The van der Waals surface area contributed by atoms with Crippen molar-refractivity contribution in [2.45, 2.75) is 59.4 Å². The minimum atomic E-state index is -0.455. The van der Waals surface area contributed by atoms with Crippen LogP contribution < -0.4 is 10.6 Å². The minimum Gasteiger partial charge on any atom is -0.348 e. The number of hydrogen-bond acceptors (Lipinski definition) is 3. The van der Waals surface area contributed by atoms with Crippen LogP contribution in [0.1, 0.15) is 71.9 Å². The van der Waals surface area contributed by atoms with Gasteiger partial charge >= 0.3 is 0 Å². The lowest BCUT2D eigenvalue weighted by atomic mass is 9.90. The van der Waals surface area contributed by atoms with Gasteiger partial charge in [-0.2, -0.15) is 0 Å². The smallest absolute Gasteiger partial charge is 0.253 e. The lowest BCUT2D eigenvalue weighted by molar-refractivity contribution is -0.120. The maximum Gasteiger partial charge on any atom is 0.253 e. The zero-order valence-corrected chi connectivity index (χ0v) is 23.6. The molecule has 39 heavy (non-hydrogen) atoms. The zero-order valence-electron chi connectivity index (χ0n) is 23.6. The van der Waals surface area contributed by atoms with Crippen molar-refractivity contribution in [3.8, 4) is 0 Å². The number of rotatable bonds is 13. The number of anilines is 1. The molecule has 0 aliphatic heterocycles. The predicted octanol–water partition coefficient (Wildman–Crippen LogP) is 6.26. The van der Waals surface area contributed by atoms with Crippen molar-refractivity contribution in [3.05, 3.63) is 101 Å². The third-order valence-electron chi connectivity index (χ3n) is 6.93. The number of benzene rings is 3. The molecule has 0 heterocycles. The molecule has 0 spiro atoms. The molecular formula is C33H41N3O3. The Bertz CT molecular complexity index is 1240. The SMILES string of the molecule is CCCN(CCC)C(=O)c1cccc(C(=O)N[C@H](Cc2ccccc2)[C@H](CC)C(=O)Nc2ccccc2C)c1. The summed E-state index contributed by atoms with van der Waals surface area (Å²) in [6.07, 6.45) is 2.80. The summed E-state index contributed by atoms with van der Waals surface area (Å²) in [5.74, 6) is -0.960. The fourth-order valence-corrected chi connectivity index (χ4v) is 4.84. The number of para-hydroxylation sites is 1. The highest BCUT2D eigenvalue weighted by Gasteiger charge is 2.29. The van der Waals surface area contributed by atoms with Gasteiger partial charge in [0.1, 0.15) is 0 Å². The first kappa shape index (κ1) is 29.6. The van der Waals surface area contributed by atoms with Crippen LogP contribution >= 0.6 is 0 Å². The maximum absolute atomic E-state index is 13.5. The Kier molecular flexibility index (Phi) is 11.3. The fraction of sp³-hybridized carbons (Fsp3) is 0.364. The second-order valence-electron chi connectivity index (χ2n) is 9.96. The molecule has 3 aromatic carbocycles. The van der Waals surface area contributed by atoms with Gasteiger partial charge in [0, 0.05) is 35.9 Å². The molecule has 6 heteroatoms. The summed E-state index contributed by atoms with van der Waals surface area (Å²) < 4.78 is 0. The molecule has 206 valence electrons. The number of carbonyl (C=O) groups is 3. The molecule has 0 aromatic heterocycles. The van der Waals surface area contributed by atoms with E-state index in [0.29, 0.717) is 37.1 Å². The van der Waals surface area contributed by atoms with E-state index in [2.05, 4.69) is 10.6 Å². The number of hydrogen-bond donors (Lipinski definition) is 2. The molecule has 0 aliphatic carbocycles. The molecule has 6 nitrogen and oxygen atoms in total. The Morgan fingerprint density at radius 1 is 0.795 bits per heavy atom. The third kappa shape index (κ3) is 8.28. The second-order valence-corrected chi connectivity index (χ2v) is 9.96. The van der Waals surface area contributed by atoms with E-state index in [1.165, 1.54) is 0 Å². The van der Waals surface area contributed by atoms with Crippen LogP contribution in [0.5, 0.6) is 0 Å². The molecule has 2 atom stereocenters. The van der Waals surface area contributed by atoms with Gasteiger partial charge in [0.05, 0.1) is 5.92 Å². The van der Waals surface area contributed by atoms with Gasteiger partial charge in [-0.25, -0.2) is 0 Å². The maximum atomic E-state index is 13.5. The van der Waals surface area contributed by atoms with Gasteiger partial charge in [-0.15, -0.1) is 0 Å². The summed E-state index contributed by atoms with van der Waals surface area (Å²) in [6, 6.07) is 23.9. The van der Waals surface area contributed by atoms with Crippen molar-refractivity contribution >= 4 is 23.4 Å². The number of nitrogens with zero attached hydrogens (tertiary/aromatic N) is 1. The van der Waals surface area contributed by atoms with Gasteiger partial charge in [0.25, 0.3) is 11.8 Å². The van der Waals surface area contributed by atoms with E-state index in [9.17, 15) is 14.4 Å². The molecule has 0 radical (unpaired) electrons. The molecule has 0 saturated heterocycles. The monoisotopic (exact) mass is 527 g/mol. The molecule has 3 amide bonds. The van der Waals surface area contributed by atoms with Gasteiger partial charge in [0.15, 0.2) is 0 Å². The van der Waals surface area contributed by atoms with Crippen LogP contribution in [-0.2, 0) is 11.2 Å². The molecule has 0 bridgehead atoms. The van der Waals surface area contributed by atoms with Gasteiger partial charge in [0.2, 0.25) is 5.91 Å². The van der Waals surface area contributed by atoms with Crippen molar-refractivity contribution in [1.29, 1.82) is 0 Å². The second kappa shape index (κ2) is 14.9. The molecule has 3 aromatic rings. The van der Waals surface area contributed by atoms with Crippen molar-refractivity contribution in [2.75, 3.05) is 18.4 Å². The largest absolute Gasteiger partial charge is 0.348 e. The lowest BCUT2D eigenvalue weighted by Gasteiger charge is -2.27. The summed E-state index contributed by atoms with van der Waals surface area (Å²) in [5.41, 5.74) is 3.67. The Labute approximate surface area is 232 Å². The van der Waals surface area contributed by atoms with Crippen LogP contribution in [0.15, 0.2) is 78.9 Å². The summed E-state index contributed by atoms with van der Waals surface area (Å²) in [7, 11) is 0. The van der Waals surface area contributed by atoms with E-state index in [1.54, 1.807) is 24.3 Å². The minimum absolute atomic E-state index is 0.0711.